The zero-order valence-electron chi connectivity index (χ0n) is 27.8. The number of ether oxygens (including phenoxy) is 2. The van der Waals surface area contributed by atoms with Crippen LogP contribution in [0.15, 0.2) is 0 Å². The molecule has 1 N–H and O–H groups in total. The topological polar surface area (TPSA) is 47.9 Å². The standard InChI is InChI=1S/C36H63IO4/c1-20(2)21(3)10-11-22(4)26-12-13-27-32-23(5)18-29-25(7)30(40-34-33(38)31(41-37)19-24(6)39-34)15-17-36(29,9)28(32)14-16-35(26,27)8/h20-34,38H,10-19H2,1-9H3. The van der Waals surface area contributed by atoms with E-state index in [1.807, 2.05) is 23.0 Å². The van der Waals surface area contributed by atoms with E-state index >= 15 is 0 Å². The van der Waals surface area contributed by atoms with Crippen molar-refractivity contribution in [1.82, 2.24) is 0 Å². The molecule has 0 bridgehead atoms. The van der Waals surface area contributed by atoms with Crippen LogP contribution in [0.5, 0.6) is 0 Å². The largest absolute Gasteiger partial charge is 0.385 e. The molecule has 16 unspecified atom stereocenters. The van der Waals surface area contributed by atoms with E-state index in [4.69, 9.17) is 12.5 Å². The first kappa shape index (κ1) is 32.9. The maximum atomic E-state index is 10.9. The molecule has 0 aromatic carbocycles. The summed E-state index contributed by atoms with van der Waals surface area (Å²) in [6, 6.07) is 0. The molecule has 5 fully saturated rings. The van der Waals surface area contributed by atoms with E-state index in [0.29, 0.717) is 29.1 Å². The minimum atomic E-state index is -0.722. The number of rotatable bonds is 8. The summed E-state index contributed by atoms with van der Waals surface area (Å²) in [6.07, 6.45) is 11.6. The number of aliphatic hydroxyl groups is 1. The van der Waals surface area contributed by atoms with Crippen LogP contribution in [0.3, 0.4) is 0 Å². The molecule has 0 spiro atoms. The number of aliphatic hydroxyl groups excluding tert-OH is 1. The molecule has 0 aromatic rings. The highest BCUT2D eigenvalue weighted by atomic mass is 127. The van der Waals surface area contributed by atoms with Crippen LogP contribution in [0.1, 0.15) is 127 Å². The van der Waals surface area contributed by atoms with Gasteiger partial charge in [-0.15, -0.1) is 0 Å². The van der Waals surface area contributed by atoms with E-state index in [9.17, 15) is 5.11 Å². The summed E-state index contributed by atoms with van der Waals surface area (Å²) >= 11 is 1.92. The molecular formula is C36H63IO4. The van der Waals surface area contributed by atoms with Crippen LogP contribution < -0.4 is 0 Å². The van der Waals surface area contributed by atoms with Gasteiger partial charge in [0.2, 0.25) is 0 Å². The van der Waals surface area contributed by atoms with Gasteiger partial charge in [-0.25, -0.2) is 0 Å². The fourth-order valence-corrected chi connectivity index (χ4v) is 12.1. The summed E-state index contributed by atoms with van der Waals surface area (Å²) in [6.45, 7) is 22.4. The van der Waals surface area contributed by atoms with Gasteiger partial charge in [0.1, 0.15) is 35.2 Å². The van der Waals surface area contributed by atoms with Gasteiger partial charge >= 0.3 is 0 Å². The lowest BCUT2D eigenvalue weighted by atomic mass is 9.41. The number of hydrogen-bond donors (Lipinski definition) is 1. The molecule has 4 saturated carbocycles. The van der Waals surface area contributed by atoms with Crippen molar-refractivity contribution in [3.05, 3.63) is 0 Å². The first-order valence-electron chi connectivity index (χ1n) is 17.6. The smallest absolute Gasteiger partial charge is 0.186 e. The van der Waals surface area contributed by atoms with Crippen molar-refractivity contribution in [3.8, 4) is 0 Å². The van der Waals surface area contributed by atoms with Gasteiger partial charge in [-0.05, 0) is 122 Å². The van der Waals surface area contributed by atoms with Crippen molar-refractivity contribution in [2.45, 2.75) is 157 Å². The van der Waals surface area contributed by atoms with Crippen molar-refractivity contribution in [3.63, 3.8) is 0 Å². The van der Waals surface area contributed by atoms with Gasteiger partial charge in [0.05, 0.1) is 12.2 Å². The van der Waals surface area contributed by atoms with Crippen molar-refractivity contribution >= 4 is 23.0 Å². The number of fused-ring (bicyclic) bond motifs is 5. The van der Waals surface area contributed by atoms with E-state index in [-0.39, 0.29) is 18.3 Å². The monoisotopic (exact) mass is 686 g/mol. The Morgan fingerprint density at radius 3 is 2.22 bits per heavy atom. The van der Waals surface area contributed by atoms with Crippen LogP contribution in [0.4, 0.5) is 0 Å². The normalized spacial score (nSPS) is 51.5. The zero-order chi connectivity index (χ0) is 29.9. The van der Waals surface area contributed by atoms with E-state index in [2.05, 4.69) is 62.3 Å². The lowest BCUT2D eigenvalue weighted by Gasteiger charge is -2.64. The third-order valence-corrected chi connectivity index (χ3v) is 15.1. The second-order valence-corrected chi connectivity index (χ2v) is 17.4. The van der Waals surface area contributed by atoms with Gasteiger partial charge < -0.3 is 17.6 Å². The van der Waals surface area contributed by atoms with Gasteiger partial charge in [0, 0.05) is 6.42 Å². The van der Waals surface area contributed by atoms with Crippen molar-refractivity contribution in [1.29, 1.82) is 0 Å². The third kappa shape index (κ3) is 5.97. The summed E-state index contributed by atoms with van der Waals surface area (Å²) < 4.78 is 18.3. The lowest BCUT2D eigenvalue weighted by molar-refractivity contribution is -0.289. The minimum Gasteiger partial charge on any atom is -0.385 e. The van der Waals surface area contributed by atoms with Gasteiger partial charge in [-0.3, -0.25) is 0 Å². The molecule has 5 rings (SSSR count). The Labute approximate surface area is 266 Å². The third-order valence-electron chi connectivity index (χ3n) is 14.5. The second-order valence-electron chi connectivity index (χ2n) is 16.9. The number of halogens is 1. The molecule has 41 heavy (non-hydrogen) atoms. The SMILES string of the molecule is CC1CC(OI)C(O)C(OC2CCC3(C)C(CC(C)C4C5CCC(C(C)CCC(C)C(C)C)C5(C)CCC43)C2C)O1. The average Bonchev–Trinajstić information content (AvgIpc) is 3.28. The Hall–Kier alpha value is 0.570. The molecule has 16 atom stereocenters. The Morgan fingerprint density at radius 2 is 1.54 bits per heavy atom. The molecule has 1 saturated heterocycles. The highest BCUT2D eigenvalue weighted by Crippen LogP contribution is 2.70. The quantitative estimate of drug-likeness (QED) is 0.204. The summed E-state index contributed by atoms with van der Waals surface area (Å²) in [4.78, 5) is 0. The van der Waals surface area contributed by atoms with Crippen molar-refractivity contribution in [2.24, 2.45) is 70.0 Å². The van der Waals surface area contributed by atoms with Gasteiger partial charge in [0.25, 0.3) is 0 Å². The average molecular weight is 687 g/mol. The molecule has 4 nitrogen and oxygen atoms in total. The van der Waals surface area contributed by atoms with E-state index in [1.165, 1.54) is 51.4 Å². The van der Waals surface area contributed by atoms with Gasteiger partial charge in [-0.1, -0.05) is 68.2 Å². The highest BCUT2D eigenvalue weighted by molar-refractivity contribution is 14.1. The number of hydrogen-bond acceptors (Lipinski definition) is 4. The fraction of sp³-hybridized carbons (Fsp3) is 1.00. The molecule has 5 heteroatoms. The molecule has 1 heterocycles. The first-order chi connectivity index (χ1) is 19.3. The Kier molecular flexibility index (Phi) is 10.3. The molecule has 0 radical (unpaired) electrons. The summed E-state index contributed by atoms with van der Waals surface area (Å²) in [5.41, 5.74) is 0.939. The molecule has 1 aliphatic heterocycles. The summed E-state index contributed by atoms with van der Waals surface area (Å²) in [5.74, 6) is 8.00. The highest BCUT2D eigenvalue weighted by Gasteiger charge is 2.63. The van der Waals surface area contributed by atoms with E-state index in [1.54, 1.807) is 0 Å². The van der Waals surface area contributed by atoms with Gasteiger partial charge in [-0.2, -0.15) is 0 Å². The maximum Gasteiger partial charge on any atom is 0.186 e. The molecule has 0 aromatic heterocycles. The molecule has 0 amide bonds. The van der Waals surface area contributed by atoms with E-state index < -0.39 is 12.4 Å². The first-order valence-corrected chi connectivity index (χ1v) is 18.5. The lowest BCUT2D eigenvalue weighted by Crippen LogP contribution is -2.59. The minimum absolute atomic E-state index is 0.0379. The Bertz CT molecular complexity index is 882. The zero-order valence-corrected chi connectivity index (χ0v) is 29.9. The van der Waals surface area contributed by atoms with Crippen LogP contribution in [0, 0.1) is 70.0 Å². The van der Waals surface area contributed by atoms with Gasteiger partial charge in [0.15, 0.2) is 6.29 Å². The predicted molar refractivity (Wildman–Crippen MR) is 175 cm³/mol. The second kappa shape index (κ2) is 12.8. The van der Waals surface area contributed by atoms with Crippen LogP contribution in [-0.2, 0) is 12.5 Å². The van der Waals surface area contributed by atoms with Crippen LogP contribution in [0.25, 0.3) is 0 Å². The van der Waals surface area contributed by atoms with Crippen LogP contribution in [0.2, 0.25) is 0 Å². The molecule has 5 aliphatic rings. The van der Waals surface area contributed by atoms with Crippen molar-refractivity contribution in [2.75, 3.05) is 0 Å². The maximum absolute atomic E-state index is 10.9. The predicted octanol–water partition coefficient (Wildman–Crippen LogP) is 9.46. The summed E-state index contributed by atoms with van der Waals surface area (Å²) in [5, 5.41) is 10.9. The van der Waals surface area contributed by atoms with Crippen LogP contribution in [-0.4, -0.2) is 35.8 Å². The molecular weight excluding hydrogens is 623 g/mol. The Morgan fingerprint density at radius 1 is 0.854 bits per heavy atom. The van der Waals surface area contributed by atoms with E-state index in [0.717, 1.165) is 53.8 Å². The summed E-state index contributed by atoms with van der Waals surface area (Å²) in [7, 11) is 0. The molecule has 238 valence electrons. The van der Waals surface area contributed by atoms with Crippen LogP contribution >= 0.6 is 23.0 Å². The molecule has 4 aliphatic carbocycles. The Balaban J connectivity index is 1.27. The van der Waals surface area contributed by atoms with Crippen molar-refractivity contribution < 1.29 is 17.6 Å². The fourth-order valence-electron chi connectivity index (χ4n) is 11.6.